The minimum absolute atomic E-state index is 0.00103. The van der Waals surface area contributed by atoms with Gasteiger partial charge in [0.25, 0.3) is 0 Å². The number of nitrogens with one attached hydrogen (secondary N) is 1. The third kappa shape index (κ3) is 5.85. The summed E-state index contributed by atoms with van der Waals surface area (Å²) in [6.45, 7) is 4.87. The van der Waals surface area contributed by atoms with Gasteiger partial charge in [-0.25, -0.2) is 4.79 Å². The maximum Gasteiger partial charge on any atom is 0.409 e. The highest BCUT2D eigenvalue weighted by molar-refractivity contribution is 5.81. The number of nitrogens with zero attached hydrogens (tertiary/aromatic N) is 1. The van der Waals surface area contributed by atoms with Crippen molar-refractivity contribution in [2.24, 2.45) is 0 Å². The van der Waals surface area contributed by atoms with Crippen LogP contribution in [0, 0.1) is 0 Å². The SMILES string of the molecule is COC(=O)N(C)CC(=O)NCCc1ccc(C(C)C)cc1. The number of benzene rings is 1. The van der Waals surface area contributed by atoms with Gasteiger partial charge < -0.3 is 15.0 Å². The van der Waals surface area contributed by atoms with E-state index in [1.165, 1.54) is 30.2 Å². The molecule has 0 heterocycles. The molecular formula is C16H24N2O3. The average molecular weight is 292 g/mol. The lowest BCUT2D eigenvalue weighted by Gasteiger charge is -2.15. The molecule has 0 spiro atoms. The third-order valence-corrected chi connectivity index (χ3v) is 3.25. The fraction of sp³-hybridized carbons (Fsp3) is 0.500. The molecule has 0 fully saturated rings. The van der Waals surface area contributed by atoms with E-state index in [-0.39, 0.29) is 12.5 Å². The molecule has 2 amide bonds. The Bertz CT molecular complexity index is 469. The molecule has 0 bridgehead atoms. The van der Waals surface area contributed by atoms with Crippen LogP contribution in [0.15, 0.2) is 24.3 Å². The van der Waals surface area contributed by atoms with Crippen LogP contribution < -0.4 is 5.32 Å². The van der Waals surface area contributed by atoms with Crippen LogP contribution in [0.5, 0.6) is 0 Å². The average Bonchev–Trinajstić information content (AvgIpc) is 2.46. The van der Waals surface area contributed by atoms with E-state index in [0.717, 1.165) is 6.42 Å². The zero-order valence-corrected chi connectivity index (χ0v) is 13.2. The molecule has 0 aromatic heterocycles. The van der Waals surface area contributed by atoms with Crippen LogP contribution in [0.2, 0.25) is 0 Å². The largest absolute Gasteiger partial charge is 0.453 e. The number of carbonyl (C=O) groups excluding carboxylic acids is 2. The van der Waals surface area contributed by atoms with Crippen molar-refractivity contribution in [2.45, 2.75) is 26.2 Å². The van der Waals surface area contributed by atoms with Crippen LogP contribution in [0.25, 0.3) is 0 Å². The third-order valence-electron chi connectivity index (χ3n) is 3.25. The van der Waals surface area contributed by atoms with Gasteiger partial charge in [0.05, 0.1) is 7.11 Å². The van der Waals surface area contributed by atoms with E-state index >= 15 is 0 Å². The number of amides is 2. The van der Waals surface area contributed by atoms with Crippen LogP contribution in [0.3, 0.4) is 0 Å². The van der Waals surface area contributed by atoms with Gasteiger partial charge in [0.1, 0.15) is 6.54 Å². The lowest BCUT2D eigenvalue weighted by Crippen LogP contribution is -2.38. The van der Waals surface area contributed by atoms with E-state index in [0.29, 0.717) is 12.5 Å². The first-order valence-corrected chi connectivity index (χ1v) is 7.08. The van der Waals surface area contributed by atoms with E-state index < -0.39 is 6.09 Å². The van der Waals surface area contributed by atoms with Gasteiger partial charge in [0.2, 0.25) is 5.91 Å². The summed E-state index contributed by atoms with van der Waals surface area (Å²) in [5.74, 6) is 0.328. The van der Waals surface area contributed by atoms with Crippen molar-refractivity contribution in [1.82, 2.24) is 10.2 Å². The highest BCUT2D eigenvalue weighted by atomic mass is 16.5. The maximum atomic E-state index is 11.6. The molecule has 0 radical (unpaired) electrons. The van der Waals surface area contributed by atoms with E-state index in [1.807, 2.05) is 0 Å². The Balaban J connectivity index is 2.33. The second kappa shape index (κ2) is 8.29. The molecule has 5 heteroatoms. The van der Waals surface area contributed by atoms with Gasteiger partial charge >= 0.3 is 6.09 Å². The summed E-state index contributed by atoms with van der Waals surface area (Å²) in [5.41, 5.74) is 2.49. The van der Waals surface area contributed by atoms with Gasteiger partial charge in [-0.05, 0) is 23.5 Å². The van der Waals surface area contributed by atoms with E-state index in [1.54, 1.807) is 0 Å². The van der Waals surface area contributed by atoms with Crippen molar-refractivity contribution >= 4 is 12.0 Å². The Hall–Kier alpha value is -2.04. The minimum Gasteiger partial charge on any atom is -0.453 e. The predicted molar refractivity (Wildman–Crippen MR) is 82.3 cm³/mol. The van der Waals surface area contributed by atoms with Crippen LogP contribution in [0.1, 0.15) is 30.9 Å². The van der Waals surface area contributed by atoms with E-state index in [9.17, 15) is 9.59 Å². The molecule has 1 N–H and O–H groups in total. The summed E-state index contributed by atoms with van der Waals surface area (Å²) in [6.07, 6.45) is 0.251. The van der Waals surface area contributed by atoms with Gasteiger partial charge in [0, 0.05) is 13.6 Å². The van der Waals surface area contributed by atoms with Crippen molar-refractivity contribution in [3.63, 3.8) is 0 Å². The van der Waals surface area contributed by atoms with Crippen molar-refractivity contribution in [3.8, 4) is 0 Å². The molecule has 0 atom stereocenters. The Kier molecular flexibility index (Phi) is 6.72. The quantitative estimate of drug-likeness (QED) is 0.874. The minimum atomic E-state index is -0.519. The van der Waals surface area contributed by atoms with Gasteiger partial charge in [0.15, 0.2) is 0 Å². The number of methoxy groups -OCH3 is 1. The van der Waals surface area contributed by atoms with Crippen molar-refractivity contribution < 1.29 is 14.3 Å². The number of likely N-dealkylation sites (N-methyl/N-ethyl adjacent to an activating group) is 1. The molecule has 0 unspecified atom stereocenters. The molecule has 5 nitrogen and oxygen atoms in total. The van der Waals surface area contributed by atoms with E-state index in [2.05, 4.69) is 48.2 Å². The first-order valence-electron chi connectivity index (χ1n) is 7.08. The van der Waals surface area contributed by atoms with Crippen LogP contribution in [-0.4, -0.2) is 44.1 Å². The molecule has 21 heavy (non-hydrogen) atoms. The molecule has 0 aliphatic carbocycles. The summed E-state index contributed by atoms with van der Waals surface area (Å²) < 4.78 is 4.52. The Morgan fingerprint density at radius 1 is 1.24 bits per heavy atom. The van der Waals surface area contributed by atoms with Crippen molar-refractivity contribution in [1.29, 1.82) is 0 Å². The Morgan fingerprint density at radius 2 is 1.86 bits per heavy atom. The first-order chi connectivity index (χ1) is 9.93. The molecule has 0 saturated carbocycles. The van der Waals surface area contributed by atoms with Gasteiger partial charge in [-0.2, -0.15) is 0 Å². The maximum absolute atomic E-state index is 11.6. The molecule has 0 aliphatic heterocycles. The molecule has 116 valence electrons. The number of ether oxygens (including phenoxy) is 1. The predicted octanol–water partition coefficient (Wildman–Crippen LogP) is 2.17. The highest BCUT2D eigenvalue weighted by Gasteiger charge is 2.12. The van der Waals surface area contributed by atoms with Gasteiger partial charge in [-0.1, -0.05) is 38.1 Å². The molecular weight excluding hydrogens is 268 g/mol. The Labute approximate surface area is 126 Å². The molecule has 1 rings (SSSR count). The summed E-state index contributed by atoms with van der Waals surface area (Å²) >= 11 is 0. The van der Waals surface area contributed by atoms with Crippen LogP contribution in [0.4, 0.5) is 4.79 Å². The van der Waals surface area contributed by atoms with Gasteiger partial charge in [-0.3, -0.25) is 4.79 Å². The lowest BCUT2D eigenvalue weighted by atomic mass is 10.0. The summed E-state index contributed by atoms with van der Waals surface area (Å²) in [6, 6.07) is 8.41. The zero-order valence-electron chi connectivity index (χ0n) is 13.2. The highest BCUT2D eigenvalue weighted by Crippen LogP contribution is 2.14. The zero-order chi connectivity index (χ0) is 15.8. The summed E-state index contributed by atoms with van der Waals surface area (Å²) in [7, 11) is 2.81. The first kappa shape index (κ1) is 17.0. The van der Waals surface area contributed by atoms with Crippen LogP contribution in [-0.2, 0) is 16.0 Å². The van der Waals surface area contributed by atoms with E-state index in [4.69, 9.17) is 0 Å². The summed E-state index contributed by atoms with van der Waals surface area (Å²) in [5, 5.41) is 2.79. The lowest BCUT2D eigenvalue weighted by molar-refractivity contribution is -0.121. The van der Waals surface area contributed by atoms with Crippen molar-refractivity contribution in [2.75, 3.05) is 27.2 Å². The summed E-state index contributed by atoms with van der Waals surface area (Å²) in [4.78, 5) is 24.0. The topological polar surface area (TPSA) is 58.6 Å². The number of rotatable bonds is 6. The molecule has 0 aliphatic rings. The smallest absolute Gasteiger partial charge is 0.409 e. The number of hydrogen-bond donors (Lipinski definition) is 1. The standard InChI is InChI=1S/C16H24N2O3/c1-12(2)14-7-5-13(6-8-14)9-10-17-15(19)11-18(3)16(20)21-4/h5-8,12H,9-11H2,1-4H3,(H,17,19). The van der Waals surface area contributed by atoms with Gasteiger partial charge in [-0.15, -0.1) is 0 Å². The fourth-order valence-electron chi connectivity index (χ4n) is 1.91. The number of hydrogen-bond acceptors (Lipinski definition) is 3. The van der Waals surface area contributed by atoms with Crippen molar-refractivity contribution in [3.05, 3.63) is 35.4 Å². The number of carbonyl (C=O) groups is 2. The second-order valence-corrected chi connectivity index (χ2v) is 5.32. The molecule has 1 aromatic rings. The fourth-order valence-corrected chi connectivity index (χ4v) is 1.91. The molecule has 0 saturated heterocycles. The Morgan fingerprint density at radius 3 is 2.38 bits per heavy atom. The molecule has 1 aromatic carbocycles. The monoisotopic (exact) mass is 292 g/mol. The normalized spacial score (nSPS) is 10.3. The van der Waals surface area contributed by atoms with Crippen LogP contribution >= 0.6 is 0 Å². The second-order valence-electron chi connectivity index (χ2n) is 5.32.